The van der Waals surface area contributed by atoms with E-state index in [2.05, 4.69) is 123 Å². The van der Waals surface area contributed by atoms with Crippen molar-refractivity contribution in [2.24, 2.45) is 0 Å². The molecular weight excluding hydrogens is 846 g/mol. The lowest BCUT2D eigenvalue weighted by atomic mass is 10.1. The van der Waals surface area contributed by atoms with Gasteiger partial charge in [-0.15, -0.1) is 0 Å². The van der Waals surface area contributed by atoms with Gasteiger partial charge < -0.3 is 27.9 Å². The highest BCUT2D eigenvalue weighted by Crippen LogP contribution is 2.38. The van der Waals surface area contributed by atoms with Crippen LogP contribution in [-0.2, 0) is 32.7 Å². The van der Waals surface area contributed by atoms with Gasteiger partial charge in [0.05, 0.1) is 27.7 Å². The van der Waals surface area contributed by atoms with Crippen molar-refractivity contribution < 1.29 is 42.1 Å². The molecule has 0 fully saturated rings. The minimum Gasteiger partial charge on any atom is -0.756 e. The van der Waals surface area contributed by atoms with Crippen LogP contribution in [0.4, 0.5) is 0 Å². The second-order valence-electron chi connectivity index (χ2n) is 17.8. The minimum absolute atomic E-state index is 0.0427. The third-order valence-electron chi connectivity index (χ3n) is 10.3. The number of likely N-dealkylation sites (N-methyl/N-ethyl adjacent to an activating group) is 1. The summed E-state index contributed by atoms with van der Waals surface area (Å²) >= 11 is 0. The number of esters is 2. The van der Waals surface area contributed by atoms with Crippen molar-refractivity contribution in [1.29, 1.82) is 0 Å². The highest BCUT2D eigenvalue weighted by Gasteiger charge is 2.21. The first-order valence-corrected chi connectivity index (χ1v) is 27.1. The Morgan fingerprint density at radius 3 is 1.21 bits per heavy atom. The molecule has 0 bridgehead atoms. The molecule has 0 aromatic rings. The Hall–Kier alpha value is -3.33. The number of phosphoric acid groups is 1. The summed E-state index contributed by atoms with van der Waals surface area (Å²) in [5, 5.41) is 0. The Balaban J connectivity index is 4.31. The smallest absolute Gasteiger partial charge is 0.306 e. The van der Waals surface area contributed by atoms with Gasteiger partial charge >= 0.3 is 11.9 Å². The average Bonchev–Trinajstić information content (AvgIpc) is 3.27. The highest BCUT2D eigenvalue weighted by molar-refractivity contribution is 7.45. The van der Waals surface area contributed by atoms with E-state index in [4.69, 9.17) is 18.5 Å². The molecule has 9 nitrogen and oxygen atoms in total. The number of hydrogen-bond donors (Lipinski definition) is 0. The second-order valence-corrected chi connectivity index (χ2v) is 19.2. The normalized spacial score (nSPS) is 14.3. The van der Waals surface area contributed by atoms with E-state index in [9.17, 15) is 19.0 Å². The zero-order valence-electron chi connectivity index (χ0n) is 42.3. The lowest BCUT2D eigenvalue weighted by molar-refractivity contribution is -0.870. The molecule has 0 radical (unpaired) electrons. The quantitative estimate of drug-likeness (QED) is 0.0195. The number of nitrogens with zero attached hydrogens (tertiary/aromatic N) is 1. The number of allylic oxidation sites excluding steroid dienone is 18. The third kappa shape index (κ3) is 50.1. The third-order valence-corrected chi connectivity index (χ3v) is 11.3. The van der Waals surface area contributed by atoms with Crippen LogP contribution in [0.2, 0.25) is 0 Å². The molecule has 0 saturated heterocycles. The summed E-state index contributed by atoms with van der Waals surface area (Å²) in [6.45, 7) is 3.95. The fourth-order valence-electron chi connectivity index (χ4n) is 6.38. The van der Waals surface area contributed by atoms with Gasteiger partial charge in [0.25, 0.3) is 7.82 Å². The van der Waals surface area contributed by atoms with Crippen LogP contribution < -0.4 is 4.89 Å². The molecule has 2 unspecified atom stereocenters. The number of quaternary nitrogens is 1. The van der Waals surface area contributed by atoms with Crippen molar-refractivity contribution in [3.8, 4) is 0 Å². The number of hydrogen-bond acceptors (Lipinski definition) is 8. The van der Waals surface area contributed by atoms with Gasteiger partial charge in [0.2, 0.25) is 0 Å². The molecule has 0 amide bonds. The SMILES string of the molecule is CC/C=C\C/C=C\C/C=C\C/C=C\C/C=C\CCCCCCCCCCCC(=O)OC(COC(=O)CCCCCC/C=C\C/C=C\C/C=C\C/C=C\CC)COP(=O)([O-])OCC[N+](C)(C)C. The molecule has 0 aliphatic carbocycles. The molecule has 2 atom stereocenters. The molecule has 0 aromatic carbocycles. The van der Waals surface area contributed by atoms with E-state index in [0.717, 1.165) is 109 Å². The Labute approximate surface area is 404 Å². The summed E-state index contributed by atoms with van der Waals surface area (Å²) in [5.41, 5.74) is 0. The lowest BCUT2D eigenvalue weighted by Gasteiger charge is -2.28. The predicted octanol–water partition coefficient (Wildman–Crippen LogP) is 14.8. The summed E-state index contributed by atoms with van der Waals surface area (Å²) in [5.74, 6) is -0.878. The van der Waals surface area contributed by atoms with Crippen LogP contribution in [-0.4, -0.2) is 70.0 Å². The summed E-state index contributed by atoms with van der Waals surface area (Å²) in [4.78, 5) is 37.7. The standard InChI is InChI=1S/C56H94NO8P/c1-6-8-10-12-14-16-18-20-22-24-25-26-27-28-29-30-31-33-35-37-39-41-43-45-47-49-56(59)65-54(53-64-66(60,61)63-51-50-57(3,4)5)52-62-55(58)48-46-44-42-40-38-36-34-32-23-21-19-17-15-13-11-9-7-2/h8-11,14-17,20-23,25-26,28-29,34,36,54H,6-7,12-13,18-19,24,27,30-33,35,37-53H2,1-5H3/b10-8-,11-9-,16-14-,17-15-,22-20-,23-21-,26-25-,29-28-,36-34-. The van der Waals surface area contributed by atoms with Gasteiger partial charge in [-0.05, 0) is 96.3 Å². The molecule has 0 heterocycles. The molecule has 0 spiro atoms. The van der Waals surface area contributed by atoms with Gasteiger partial charge in [0, 0.05) is 12.8 Å². The molecular formula is C56H94NO8P. The molecule has 0 N–H and O–H groups in total. The molecule has 10 heteroatoms. The van der Waals surface area contributed by atoms with Crippen LogP contribution in [0.3, 0.4) is 0 Å². The molecule has 0 aliphatic rings. The Kier molecular flexibility index (Phi) is 44.4. The van der Waals surface area contributed by atoms with Gasteiger partial charge in [-0.2, -0.15) is 0 Å². The van der Waals surface area contributed by atoms with E-state index in [1.165, 1.54) is 32.1 Å². The predicted molar refractivity (Wildman–Crippen MR) is 277 cm³/mol. The lowest BCUT2D eigenvalue weighted by Crippen LogP contribution is -2.37. The molecule has 0 rings (SSSR count). The van der Waals surface area contributed by atoms with Crippen molar-refractivity contribution in [3.63, 3.8) is 0 Å². The first kappa shape index (κ1) is 62.7. The second kappa shape index (κ2) is 46.8. The molecule has 66 heavy (non-hydrogen) atoms. The zero-order chi connectivity index (χ0) is 48.5. The maximum Gasteiger partial charge on any atom is 0.306 e. The van der Waals surface area contributed by atoms with E-state index in [0.29, 0.717) is 23.9 Å². The van der Waals surface area contributed by atoms with Crippen molar-refractivity contribution in [2.75, 3.05) is 47.5 Å². The van der Waals surface area contributed by atoms with Gasteiger partial charge in [0.15, 0.2) is 6.10 Å². The summed E-state index contributed by atoms with van der Waals surface area (Å²) < 4.78 is 34.0. The van der Waals surface area contributed by atoms with Crippen LogP contribution >= 0.6 is 7.82 Å². The first-order valence-electron chi connectivity index (χ1n) is 25.6. The molecule has 0 aromatic heterocycles. The number of ether oxygens (including phenoxy) is 2. The number of unbranched alkanes of at least 4 members (excludes halogenated alkanes) is 13. The van der Waals surface area contributed by atoms with Crippen molar-refractivity contribution >= 4 is 19.8 Å². The molecule has 376 valence electrons. The summed E-state index contributed by atoms with van der Waals surface area (Å²) in [6.07, 6.45) is 64.0. The van der Waals surface area contributed by atoms with Crippen LogP contribution in [0.15, 0.2) is 109 Å². The Bertz CT molecular complexity index is 1480. The number of phosphoric ester groups is 1. The van der Waals surface area contributed by atoms with Crippen molar-refractivity contribution in [2.45, 2.75) is 187 Å². The van der Waals surface area contributed by atoms with E-state index in [1.54, 1.807) is 0 Å². The van der Waals surface area contributed by atoms with Crippen molar-refractivity contribution in [3.05, 3.63) is 109 Å². The highest BCUT2D eigenvalue weighted by atomic mass is 31.2. The van der Waals surface area contributed by atoms with E-state index < -0.39 is 32.5 Å². The fourth-order valence-corrected chi connectivity index (χ4v) is 7.11. The van der Waals surface area contributed by atoms with Gasteiger partial charge in [-0.25, -0.2) is 0 Å². The summed E-state index contributed by atoms with van der Waals surface area (Å²) in [7, 11) is 1.13. The van der Waals surface area contributed by atoms with Crippen LogP contribution in [0.1, 0.15) is 181 Å². The maximum atomic E-state index is 12.8. The monoisotopic (exact) mass is 940 g/mol. The Morgan fingerprint density at radius 2 is 0.818 bits per heavy atom. The Morgan fingerprint density at radius 1 is 0.470 bits per heavy atom. The first-order chi connectivity index (χ1) is 32.0. The number of rotatable bonds is 45. The molecule has 0 saturated carbocycles. The van der Waals surface area contributed by atoms with Gasteiger partial charge in [-0.3, -0.25) is 14.2 Å². The average molecular weight is 940 g/mol. The topological polar surface area (TPSA) is 111 Å². The molecule has 0 aliphatic heterocycles. The van der Waals surface area contributed by atoms with Crippen LogP contribution in [0.25, 0.3) is 0 Å². The number of carbonyl (C=O) groups excluding carboxylic acids is 2. The van der Waals surface area contributed by atoms with Crippen molar-refractivity contribution in [1.82, 2.24) is 0 Å². The van der Waals surface area contributed by atoms with E-state index in [1.807, 2.05) is 21.1 Å². The van der Waals surface area contributed by atoms with Gasteiger partial charge in [0.1, 0.15) is 19.8 Å². The van der Waals surface area contributed by atoms with E-state index in [-0.39, 0.29) is 26.1 Å². The van der Waals surface area contributed by atoms with Gasteiger partial charge in [-0.1, -0.05) is 181 Å². The minimum atomic E-state index is -4.65. The summed E-state index contributed by atoms with van der Waals surface area (Å²) in [6, 6.07) is 0. The number of carbonyl (C=O) groups is 2. The van der Waals surface area contributed by atoms with Crippen LogP contribution in [0, 0.1) is 0 Å². The fraction of sp³-hybridized carbons (Fsp3) is 0.643. The maximum absolute atomic E-state index is 12.8. The van der Waals surface area contributed by atoms with Crippen LogP contribution in [0.5, 0.6) is 0 Å². The largest absolute Gasteiger partial charge is 0.756 e. The zero-order valence-corrected chi connectivity index (χ0v) is 43.2. The van der Waals surface area contributed by atoms with E-state index >= 15 is 0 Å².